The predicted octanol–water partition coefficient (Wildman–Crippen LogP) is 4.63. The van der Waals surface area contributed by atoms with Gasteiger partial charge in [0, 0.05) is 23.7 Å². The van der Waals surface area contributed by atoms with E-state index in [0.717, 1.165) is 6.42 Å². The van der Waals surface area contributed by atoms with Gasteiger partial charge in [-0.2, -0.15) is 5.10 Å². The van der Waals surface area contributed by atoms with Crippen molar-refractivity contribution in [2.45, 2.75) is 26.3 Å². The van der Waals surface area contributed by atoms with Crippen LogP contribution >= 0.6 is 11.6 Å². The number of nitro groups is 1. The monoisotopic (exact) mass is 398 g/mol. The molecule has 1 atom stereocenters. The number of carbonyl (C=O) groups excluding carboxylic acids is 1. The Bertz CT molecular complexity index is 1030. The number of benzene rings is 2. The van der Waals surface area contributed by atoms with Crippen molar-refractivity contribution < 1.29 is 9.72 Å². The summed E-state index contributed by atoms with van der Waals surface area (Å²) in [5.74, 6) is -0.313. The van der Waals surface area contributed by atoms with Crippen LogP contribution in [-0.4, -0.2) is 26.7 Å². The second-order valence-corrected chi connectivity index (χ2v) is 6.77. The molecule has 144 valence electrons. The first kappa shape index (κ1) is 19.6. The minimum Gasteiger partial charge on any atom is -0.348 e. The van der Waals surface area contributed by atoms with Gasteiger partial charge >= 0.3 is 0 Å². The number of nitrogens with zero attached hydrogens (tertiary/aromatic N) is 3. The lowest BCUT2D eigenvalue weighted by atomic mass is 10.1. The topological polar surface area (TPSA) is 90.1 Å². The number of hydrogen-bond acceptors (Lipinski definition) is 4. The molecule has 8 heteroatoms. The van der Waals surface area contributed by atoms with E-state index in [1.807, 2.05) is 19.9 Å². The Morgan fingerprint density at radius 1 is 1.25 bits per heavy atom. The Morgan fingerprint density at radius 2 is 2.00 bits per heavy atom. The average molecular weight is 399 g/mol. The molecule has 0 aliphatic rings. The van der Waals surface area contributed by atoms with Crippen molar-refractivity contribution in [2.24, 2.45) is 0 Å². The molecule has 1 aromatic heterocycles. The van der Waals surface area contributed by atoms with Crippen LogP contribution in [0.15, 0.2) is 54.6 Å². The van der Waals surface area contributed by atoms with Crippen LogP contribution in [0.2, 0.25) is 5.02 Å². The van der Waals surface area contributed by atoms with Gasteiger partial charge in [0.15, 0.2) is 0 Å². The fourth-order valence-electron chi connectivity index (χ4n) is 2.68. The lowest BCUT2D eigenvalue weighted by Crippen LogP contribution is -2.33. The Kier molecular flexibility index (Phi) is 5.75. The van der Waals surface area contributed by atoms with E-state index in [1.54, 1.807) is 36.4 Å². The predicted molar refractivity (Wildman–Crippen MR) is 108 cm³/mol. The standard InChI is InChI=1S/C20H19ClN4O3/c1-3-13(2)22-20(26)19-12-18(16-9-4-5-10-17(16)21)23-24(19)14-7-6-8-15(11-14)25(27)28/h4-13H,3H2,1-2H3,(H,22,26). The molecule has 1 N–H and O–H groups in total. The van der Waals surface area contributed by atoms with Gasteiger partial charge in [0.05, 0.1) is 21.3 Å². The fourth-order valence-corrected chi connectivity index (χ4v) is 2.91. The van der Waals surface area contributed by atoms with E-state index >= 15 is 0 Å². The van der Waals surface area contributed by atoms with Gasteiger partial charge in [-0.15, -0.1) is 0 Å². The molecule has 0 saturated carbocycles. The fraction of sp³-hybridized carbons (Fsp3) is 0.200. The zero-order valence-corrected chi connectivity index (χ0v) is 16.2. The lowest BCUT2D eigenvalue weighted by Gasteiger charge is -2.12. The Labute approximate surface area is 167 Å². The summed E-state index contributed by atoms with van der Waals surface area (Å²) >= 11 is 6.28. The Hall–Kier alpha value is -3.19. The first-order chi connectivity index (χ1) is 13.4. The number of aromatic nitrogens is 2. The first-order valence-electron chi connectivity index (χ1n) is 8.81. The molecule has 1 heterocycles. The number of amides is 1. The number of non-ortho nitro benzene ring substituents is 1. The van der Waals surface area contributed by atoms with Crippen LogP contribution < -0.4 is 5.32 Å². The summed E-state index contributed by atoms with van der Waals surface area (Å²) in [7, 11) is 0. The van der Waals surface area contributed by atoms with Gasteiger partial charge in [-0.1, -0.05) is 42.8 Å². The average Bonchev–Trinajstić information content (AvgIpc) is 3.13. The van der Waals surface area contributed by atoms with E-state index in [0.29, 0.717) is 22.0 Å². The molecule has 2 aromatic carbocycles. The molecule has 0 aliphatic carbocycles. The molecule has 1 unspecified atom stereocenters. The van der Waals surface area contributed by atoms with Crippen LogP contribution in [0.1, 0.15) is 30.8 Å². The molecule has 0 aliphatic heterocycles. The van der Waals surface area contributed by atoms with Crippen molar-refractivity contribution in [3.8, 4) is 16.9 Å². The maximum atomic E-state index is 12.8. The summed E-state index contributed by atoms with van der Waals surface area (Å²) in [6, 6.07) is 14.8. The van der Waals surface area contributed by atoms with E-state index in [-0.39, 0.29) is 23.3 Å². The van der Waals surface area contributed by atoms with Gasteiger partial charge in [-0.3, -0.25) is 14.9 Å². The highest BCUT2D eigenvalue weighted by molar-refractivity contribution is 6.33. The number of rotatable bonds is 6. The molecule has 1 amide bonds. The van der Waals surface area contributed by atoms with Crippen molar-refractivity contribution in [3.63, 3.8) is 0 Å². The van der Waals surface area contributed by atoms with Crippen molar-refractivity contribution in [1.29, 1.82) is 0 Å². The number of hydrogen-bond donors (Lipinski definition) is 1. The van der Waals surface area contributed by atoms with Gasteiger partial charge < -0.3 is 5.32 Å². The molecule has 0 bridgehead atoms. The zero-order valence-electron chi connectivity index (χ0n) is 15.4. The van der Waals surface area contributed by atoms with Crippen molar-refractivity contribution in [2.75, 3.05) is 0 Å². The number of halogens is 1. The lowest BCUT2D eigenvalue weighted by molar-refractivity contribution is -0.384. The van der Waals surface area contributed by atoms with Gasteiger partial charge in [-0.05, 0) is 31.5 Å². The molecule has 28 heavy (non-hydrogen) atoms. The van der Waals surface area contributed by atoms with Crippen LogP contribution in [0.5, 0.6) is 0 Å². The highest BCUT2D eigenvalue weighted by Gasteiger charge is 2.20. The smallest absolute Gasteiger partial charge is 0.271 e. The summed E-state index contributed by atoms with van der Waals surface area (Å²) in [5, 5.41) is 19.1. The Balaban J connectivity index is 2.14. The largest absolute Gasteiger partial charge is 0.348 e. The molecular formula is C20H19ClN4O3. The molecule has 0 spiro atoms. The third-order valence-electron chi connectivity index (χ3n) is 4.37. The zero-order chi connectivity index (χ0) is 20.3. The molecule has 0 radical (unpaired) electrons. The van der Waals surface area contributed by atoms with E-state index < -0.39 is 4.92 Å². The highest BCUT2D eigenvalue weighted by atomic mass is 35.5. The van der Waals surface area contributed by atoms with Crippen molar-refractivity contribution >= 4 is 23.2 Å². The normalized spacial score (nSPS) is 11.8. The van der Waals surface area contributed by atoms with Gasteiger partial charge in [-0.25, -0.2) is 4.68 Å². The first-order valence-corrected chi connectivity index (χ1v) is 9.19. The molecular weight excluding hydrogens is 380 g/mol. The molecule has 0 fully saturated rings. The summed E-state index contributed by atoms with van der Waals surface area (Å²) < 4.78 is 1.41. The van der Waals surface area contributed by atoms with E-state index in [1.165, 1.54) is 16.8 Å². The summed E-state index contributed by atoms with van der Waals surface area (Å²) in [6.45, 7) is 3.87. The number of nitrogens with one attached hydrogen (secondary N) is 1. The van der Waals surface area contributed by atoms with Crippen LogP contribution in [0.4, 0.5) is 5.69 Å². The van der Waals surface area contributed by atoms with Crippen molar-refractivity contribution in [3.05, 3.63) is 75.4 Å². The van der Waals surface area contributed by atoms with E-state index in [4.69, 9.17) is 11.6 Å². The maximum absolute atomic E-state index is 12.8. The molecule has 3 aromatic rings. The van der Waals surface area contributed by atoms with Crippen LogP contribution in [-0.2, 0) is 0 Å². The number of carbonyl (C=O) groups is 1. The Morgan fingerprint density at radius 3 is 2.68 bits per heavy atom. The van der Waals surface area contributed by atoms with Crippen molar-refractivity contribution in [1.82, 2.24) is 15.1 Å². The maximum Gasteiger partial charge on any atom is 0.271 e. The van der Waals surface area contributed by atoms with Crippen LogP contribution in [0, 0.1) is 10.1 Å². The molecule has 3 rings (SSSR count). The van der Waals surface area contributed by atoms with E-state index in [2.05, 4.69) is 10.4 Å². The van der Waals surface area contributed by atoms with Gasteiger partial charge in [0.25, 0.3) is 11.6 Å². The highest BCUT2D eigenvalue weighted by Crippen LogP contribution is 2.29. The molecule has 0 saturated heterocycles. The SMILES string of the molecule is CCC(C)NC(=O)c1cc(-c2ccccc2Cl)nn1-c1cccc([N+](=O)[O-])c1. The van der Waals surface area contributed by atoms with Crippen LogP contribution in [0.3, 0.4) is 0 Å². The second-order valence-electron chi connectivity index (χ2n) is 6.37. The quantitative estimate of drug-likeness (QED) is 0.484. The second kappa shape index (κ2) is 8.22. The summed E-state index contributed by atoms with van der Waals surface area (Å²) in [6.07, 6.45) is 0.772. The summed E-state index contributed by atoms with van der Waals surface area (Å²) in [4.78, 5) is 23.5. The van der Waals surface area contributed by atoms with E-state index in [9.17, 15) is 14.9 Å². The molecule has 7 nitrogen and oxygen atoms in total. The van der Waals surface area contributed by atoms with Gasteiger partial charge in [0.1, 0.15) is 5.69 Å². The van der Waals surface area contributed by atoms with Gasteiger partial charge in [0.2, 0.25) is 0 Å². The minimum absolute atomic E-state index is 0.0234. The van der Waals surface area contributed by atoms with Crippen LogP contribution in [0.25, 0.3) is 16.9 Å². The summed E-state index contributed by atoms with van der Waals surface area (Å²) in [5.41, 5.74) is 1.79. The minimum atomic E-state index is -0.485. The third kappa shape index (κ3) is 4.04. The third-order valence-corrected chi connectivity index (χ3v) is 4.70. The number of nitro benzene ring substituents is 1.